The smallest absolute Gasteiger partial charge is 0.223 e. The number of halogens is 1. The minimum Gasteiger partial charge on any atom is -0.370 e. The molecular formula is C9H10FN7. The van der Waals surface area contributed by atoms with Crippen LogP contribution in [0.2, 0.25) is 0 Å². The zero-order valence-corrected chi connectivity index (χ0v) is 8.68. The molecule has 0 radical (unpaired) electrons. The number of aliphatic imine (C=N–C) groups is 2. The van der Waals surface area contributed by atoms with Crippen LogP contribution in [-0.4, -0.2) is 22.1 Å². The van der Waals surface area contributed by atoms with Crippen LogP contribution in [0.1, 0.15) is 0 Å². The van der Waals surface area contributed by atoms with Gasteiger partial charge in [0.25, 0.3) is 0 Å². The minimum atomic E-state index is -0.537. The molecule has 0 saturated carbocycles. The first-order valence-corrected chi connectivity index (χ1v) is 4.63. The number of nitrogens with two attached hydrogens (primary N) is 3. The first kappa shape index (κ1) is 10.9. The number of guanidine groups is 2. The second-order valence-corrected chi connectivity index (χ2v) is 3.24. The van der Waals surface area contributed by atoms with E-state index in [-0.39, 0.29) is 17.6 Å². The predicted octanol–water partition coefficient (Wildman–Crippen LogP) is -0.0784. The summed E-state index contributed by atoms with van der Waals surface area (Å²) in [6, 6.07) is 3.08. The Balaban J connectivity index is 2.49. The Kier molecular flexibility index (Phi) is 2.61. The highest BCUT2D eigenvalue weighted by atomic mass is 19.1. The van der Waals surface area contributed by atoms with Crippen molar-refractivity contribution < 1.29 is 4.39 Å². The maximum absolute atomic E-state index is 13.9. The minimum absolute atomic E-state index is 0.0430. The lowest BCUT2D eigenvalue weighted by molar-refractivity contribution is 0.642. The number of rotatable bonds is 1. The number of hydrogen-bond donors (Lipinski definition) is 4. The van der Waals surface area contributed by atoms with Crippen LogP contribution in [0.15, 0.2) is 28.3 Å². The molecule has 0 saturated heterocycles. The molecule has 1 aromatic carbocycles. The fourth-order valence-electron chi connectivity index (χ4n) is 1.34. The van der Waals surface area contributed by atoms with Crippen LogP contribution in [0.5, 0.6) is 0 Å². The molecule has 1 heterocycles. The van der Waals surface area contributed by atoms with Crippen molar-refractivity contribution in [1.29, 1.82) is 0 Å². The molecule has 0 spiro atoms. The number of nitrogens with one attached hydrogen (secondary N) is 1. The fourth-order valence-corrected chi connectivity index (χ4v) is 1.34. The van der Waals surface area contributed by atoms with Crippen LogP contribution in [0.4, 0.5) is 10.1 Å². The van der Waals surface area contributed by atoms with Crippen LogP contribution in [0.25, 0.3) is 10.9 Å². The Morgan fingerprint density at radius 1 is 1.29 bits per heavy atom. The first-order chi connectivity index (χ1) is 8.08. The molecule has 17 heavy (non-hydrogen) atoms. The van der Waals surface area contributed by atoms with Crippen molar-refractivity contribution in [3.8, 4) is 0 Å². The van der Waals surface area contributed by atoms with E-state index in [4.69, 9.17) is 17.2 Å². The summed E-state index contributed by atoms with van der Waals surface area (Å²) < 4.78 is 13.9. The molecule has 1 aromatic heterocycles. The van der Waals surface area contributed by atoms with E-state index in [0.717, 1.165) is 0 Å². The van der Waals surface area contributed by atoms with Crippen molar-refractivity contribution in [2.45, 2.75) is 0 Å². The Morgan fingerprint density at radius 2 is 2.06 bits per heavy atom. The molecule has 7 nitrogen and oxygen atoms in total. The number of nitrogens with zero attached hydrogens (tertiary/aromatic N) is 3. The normalized spacial score (nSPS) is 11.7. The van der Waals surface area contributed by atoms with Gasteiger partial charge in [-0.3, -0.25) is 5.10 Å². The maximum atomic E-state index is 13.9. The average Bonchev–Trinajstić information content (AvgIpc) is 2.69. The third-order valence-corrected chi connectivity index (χ3v) is 2.02. The number of aromatic nitrogens is 2. The van der Waals surface area contributed by atoms with Gasteiger partial charge in [-0.15, -0.1) is 0 Å². The lowest BCUT2D eigenvalue weighted by Crippen LogP contribution is -2.26. The highest BCUT2D eigenvalue weighted by molar-refractivity contribution is 5.94. The van der Waals surface area contributed by atoms with Crippen molar-refractivity contribution in [2.75, 3.05) is 0 Å². The molecule has 2 rings (SSSR count). The summed E-state index contributed by atoms with van der Waals surface area (Å²) in [6.45, 7) is 0. The lowest BCUT2D eigenvalue weighted by Gasteiger charge is -1.99. The SMILES string of the molecule is NC(N)=NC(N)=Nc1ccc2[nH]ncc2c1F. The van der Waals surface area contributed by atoms with E-state index in [1.165, 1.54) is 12.3 Å². The zero-order valence-electron chi connectivity index (χ0n) is 8.68. The van der Waals surface area contributed by atoms with Crippen molar-refractivity contribution >= 4 is 28.5 Å². The van der Waals surface area contributed by atoms with Crippen molar-refractivity contribution in [2.24, 2.45) is 27.2 Å². The number of benzene rings is 1. The quantitative estimate of drug-likeness (QED) is 0.406. The van der Waals surface area contributed by atoms with E-state index in [1.807, 2.05) is 0 Å². The van der Waals surface area contributed by atoms with E-state index < -0.39 is 5.82 Å². The number of fused-ring (bicyclic) bond motifs is 1. The van der Waals surface area contributed by atoms with Gasteiger partial charge in [0.2, 0.25) is 5.96 Å². The average molecular weight is 235 g/mol. The Labute approximate surface area is 95.2 Å². The molecule has 0 atom stereocenters. The van der Waals surface area contributed by atoms with Gasteiger partial charge < -0.3 is 17.2 Å². The van der Waals surface area contributed by atoms with Crippen LogP contribution >= 0.6 is 0 Å². The standard InChI is InChI=1S/C9H10FN7/c10-7-4-3-14-17-5(4)1-2-6(7)15-9(13)16-8(11)12/h1-3H,(H,14,17)(H6,11,12,13,15,16). The van der Waals surface area contributed by atoms with Gasteiger partial charge in [0.15, 0.2) is 11.8 Å². The molecule has 0 amide bonds. The third kappa shape index (κ3) is 2.14. The summed E-state index contributed by atoms with van der Waals surface area (Å²) in [5.74, 6) is -0.993. The van der Waals surface area contributed by atoms with E-state index in [0.29, 0.717) is 10.9 Å². The number of hydrogen-bond acceptors (Lipinski definition) is 2. The van der Waals surface area contributed by atoms with E-state index in [2.05, 4.69) is 20.2 Å². The number of H-pyrrole nitrogens is 1. The highest BCUT2D eigenvalue weighted by Crippen LogP contribution is 2.25. The Hall–Kier alpha value is -2.64. The largest absolute Gasteiger partial charge is 0.370 e. The molecule has 0 fully saturated rings. The zero-order chi connectivity index (χ0) is 12.4. The second kappa shape index (κ2) is 4.08. The molecule has 7 N–H and O–H groups in total. The molecule has 0 aliphatic heterocycles. The second-order valence-electron chi connectivity index (χ2n) is 3.24. The van der Waals surface area contributed by atoms with Crippen molar-refractivity contribution in [1.82, 2.24) is 10.2 Å². The van der Waals surface area contributed by atoms with Crippen molar-refractivity contribution in [3.63, 3.8) is 0 Å². The van der Waals surface area contributed by atoms with Gasteiger partial charge in [-0.2, -0.15) is 10.1 Å². The van der Waals surface area contributed by atoms with E-state index >= 15 is 0 Å². The van der Waals surface area contributed by atoms with Gasteiger partial charge >= 0.3 is 0 Å². The maximum Gasteiger partial charge on any atom is 0.223 e. The number of aromatic amines is 1. The van der Waals surface area contributed by atoms with Gasteiger partial charge in [0, 0.05) is 0 Å². The first-order valence-electron chi connectivity index (χ1n) is 4.63. The van der Waals surface area contributed by atoms with Crippen LogP contribution in [0.3, 0.4) is 0 Å². The van der Waals surface area contributed by atoms with Gasteiger partial charge in [-0.05, 0) is 12.1 Å². The summed E-state index contributed by atoms with van der Waals surface area (Å²) in [4.78, 5) is 7.25. The topological polar surface area (TPSA) is 131 Å². The highest BCUT2D eigenvalue weighted by Gasteiger charge is 2.08. The fraction of sp³-hybridized carbons (Fsp3) is 0. The molecule has 88 valence electrons. The van der Waals surface area contributed by atoms with Crippen LogP contribution in [-0.2, 0) is 0 Å². The molecule has 8 heteroatoms. The van der Waals surface area contributed by atoms with Crippen LogP contribution < -0.4 is 17.2 Å². The lowest BCUT2D eigenvalue weighted by atomic mass is 10.2. The third-order valence-electron chi connectivity index (χ3n) is 2.02. The van der Waals surface area contributed by atoms with Gasteiger partial charge in [-0.1, -0.05) is 0 Å². The molecule has 0 aliphatic rings. The van der Waals surface area contributed by atoms with Gasteiger partial charge in [0.05, 0.1) is 17.1 Å². The summed E-state index contributed by atoms with van der Waals surface area (Å²) >= 11 is 0. The summed E-state index contributed by atoms with van der Waals surface area (Å²) in [5.41, 5.74) is 16.3. The van der Waals surface area contributed by atoms with Crippen LogP contribution in [0, 0.1) is 5.82 Å². The summed E-state index contributed by atoms with van der Waals surface area (Å²) in [5, 5.41) is 6.68. The summed E-state index contributed by atoms with van der Waals surface area (Å²) in [7, 11) is 0. The molecule has 0 aliphatic carbocycles. The molecule has 0 bridgehead atoms. The monoisotopic (exact) mass is 235 g/mol. The Morgan fingerprint density at radius 3 is 2.76 bits per heavy atom. The molecule has 0 unspecified atom stereocenters. The van der Waals surface area contributed by atoms with Crippen molar-refractivity contribution in [3.05, 3.63) is 24.1 Å². The van der Waals surface area contributed by atoms with Gasteiger partial charge in [0.1, 0.15) is 5.69 Å². The van der Waals surface area contributed by atoms with Gasteiger partial charge in [-0.25, -0.2) is 9.38 Å². The Bertz CT molecular complexity index is 609. The van der Waals surface area contributed by atoms with E-state index in [9.17, 15) is 4.39 Å². The predicted molar refractivity (Wildman–Crippen MR) is 63.1 cm³/mol. The van der Waals surface area contributed by atoms with E-state index in [1.54, 1.807) is 6.07 Å². The molecular weight excluding hydrogens is 225 g/mol. The summed E-state index contributed by atoms with van der Waals surface area (Å²) in [6.07, 6.45) is 1.36. The molecule has 2 aromatic rings.